The number of benzene rings is 1. The highest BCUT2D eigenvalue weighted by Gasteiger charge is 2.16. The third-order valence-electron chi connectivity index (χ3n) is 3.60. The summed E-state index contributed by atoms with van der Waals surface area (Å²) in [6, 6.07) is 7.17. The molecule has 1 aromatic rings. The Kier molecular flexibility index (Phi) is 7.22. The van der Waals surface area contributed by atoms with Crippen molar-refractivity contribution in [3.8, 4) is 0 Å². The van der Waals surface area contributed by atoms with E-state index in [9.17, 15) is 4.39 Å². The monoisotopic (exact) mass is 279 g/mol. The summed E-state index contributed by atoms with van der Waals surface area (Å²) in [5, 5.41) is 3.57. The first-order valence-corrected chi connectivity index (χ1v) is 7.91. The normalized spacial score (nSPS) is 13.4. The van der Waals surface area contributed by atoms with Gasteiger partial charge in [-0.15, -0.1) is 0 Å². The minimum Gasteiger partial charge on any atom is -0.312 e. The predicted octanol–water partition coefficient (Wildman–Crippen LogP) is 4.95. The summed E-state index contributed by atoms with van der Waals surface area (Å²) in [7, 11) is 0. The second-order valence-corrected chi connectivity index (χ2v) is 6.79. The maximum Gasteiger partial charge on any atom is 0.126 e. The van der Waals surface area contributed by atoms with Gasteiger partial charge in [0, 0.05) is 5.54 Å². The molecule has 1 N–H and O–H groups in total. The van der Waals surface area contributed by atoms with Gasteiger partial charge >= 0.3 is 0 Å². The van der Waals surface area contributed by atoms with E-state index >= 15 is 0 Å². The number of unbranched alkanes of at least 4 members (excludes halogenated alkanes) is 2. The van der Waals surface area contributed by atoms with Gasteiger partial charge in [-0.1, -0.05) is 44.4 Å². The molecule has 1 unspecified atom stereocenters. The van der Waals surface area contributed by atoms with Crippen LogP contribution in [0.15, 0.2) is 24.3 Å². The fourth-order valence-corrected chi connectivity index (χ4v) is 2.38. The molecule has 1 atom stereocenters. The molecule has 0 bridgehead atoms. The van der Waals surface area contributed by atoms with Gasteiger partial charge < -0.3 is 5.32 Å². The fourth-order valence-electron chi connectivity index (χ4n) is 2.38. The van der Waals surface area contributed by atoms with Crippen LogP contribution in [0.3, 0.4) is 0 Å². The average molecular weight is 279 g/mol. The Morgan fingerprint density at radius 3 is 2.45 bits per heavy atom. The zero-order chi connectivity index (χ0) is 15.0. The number of hydrogen-bond acceptors (Lipinski definition) is 1. The molecule has 0 heterocycles. The summed E-state index contributed by atoms with van der Waals surface area (Å²) in [5.41, 5.74) is 0.975. The maximum atomic E-state index is 13.8. The third kappa shape index (κ3) is 7.04. The van der Waals surface area contributed by atoms with Crippen molar-refractivity contribution < 1.29 is 4.39 Å². The van der Waals surface area contributed by atoms with Gasteiger partial charge in [0.05, 0.1) is 0 Å². The highest BCUT2D eigenvalue weighted by molar-refractivity contribution is 5.17. The van der Waals surface area contributed by atoms with Crippen LogP contribution in [-0.4, -0.2) is 12.1 Å². The first kappa shape index (κ1) is 17.2. The Bertz CT molecular complexity index is 381. The molecular weight excluding hydrogens is 249 g/mol. The quantitative estimate of drug-likeness (QED) is 0.664. The van der Waals surface area contributed by atoms with Crippen LogP contribution in [0.25, 0.3) is 0 Å². The van der Waals surface area contributed by atoms with Gasteiger partial charge in [-0.05, 0) is 57.7 Å². The first-order chi connectivity index (χ1) is 9.42. The molecule has 0 aliphatic rings. The van der Waals surface area contributed by atoms with E-state index in [1.807, 2.05) is 12.1 Å². The molecule has 0 aliphatic carbocycles. The highest BCUT2D eigenvalue weighted by Crippen LogP contribution is 2.18. The average Bonchev–Trinajstić information content (AvgIpc) is 2.37. The van der Waals surface area contributed by atoms with Crippen LogP contribution in [0, 0.1) is 11.7 Å². The Balaban J connectivity index is 2.59. The zero-order valence-corrected chi connectivity index (χ0v) is 13.5. The van der Waals surface area contributed by atoms with Crippen LogP contribution in [-0.2, 0) is 6.42 Å². The molecule has 0 aromatic heterocycles. The standard InChI is InChI=1S/C18H30FN/c1-5-6-7-10-15(14-20-18(2,3)4)13-16-11-8-9-12-17(16)19/h8-9,11-12,15,20H,5-7,10,13-14H2,1-4H3. The molecule has 114 valence electrons. The lowest BCUT2D eigenvalue weighted by Gasteiger charge is -2.25. The lowest BCUT2D eigenvalue weighted by atomic mass is 9.92. The topological polar surface area (TPSA) is 12.0 Å². The first-order valence-electron chi connectivity index (χ1n) is 7.91. The van der Waals surface area contributed by atoms with E-state index in [2.05, 4.69) is 33.0 Å². The van der Waals surface area contributed by atoms with Crippen LogP contribution in [0.4, 0.5) is 4.39 Å². The molecule has 0 fully saturated rings. The summed E-state index contributed by atoms with van der Waals surface area (Å²) < 4.78 is 13.8. The Labute approximate surface area is 124 Å². The van der Waals surface area contributed by atoms with E-state index in [4.69, 9.17) is 0 Å². The van der Waals surface area contributed by atoms with Crippen molar-refractivity contribution in [2.24, 2.45) is 5.92 Å². The third-order valence-corrected chi connectivity index (χ3v) is 3.60. The second kappa shape index (κ2) is 8.41. The van der Waals surface area contributed by atoms with Crippen molar-refractivity contribution in [1.82, 2.24) is 5.32 Å². The number of hydrogen-bond donors (Lipinski definition) is 1. The molecule has 0 saturated heterocycles. The maximum absolute atomic E-state index is 13.8. The molecule has 0 spiro atoms. The summed E-state index contributed by atoms with van der Waals surface area (Å²) in [5.74, 6) is 0.446. The molecule has 1 aromatic carbocycles. The van der Waals surface area contributed by atoms with E-state index in [-0.39, 0.29) is 11.4 Å². The highest BCUT2D eigenvalue weighted by atomic mass is 19.1. The van der Waals surface area contributed by atoms with Crippen LogP contribution >= 0.6 is 0 Å². The fraction of sp³-hybridized carbons (Fsp3) is 0.667. The van der Waals surface area contributed by atoms with Gasteiger partial charge in [0.15, 0.2) is 0 Å². The lowest BCUT2D eigenvalue weighted by Crippen LogP contribution is -2.39. The Morgan fingerprint density at radius 1 is 1.15 bits per heavy atom. The van der Waals surface area contributed by atoms with Crippen molar-refractivity contribution in [1.29, 1.82) is 0 Å². The van der Waals surface area contributed by atoms with E-state index in [1.165, 1.54) is 25.7 Å². The molecule has 20 heavy (non-hydrogen) atoms. The minimum atomic E-state index is -0.0660. The van der Waals surface area contributed by atoms with E-state index in [0.717, 1.165) is 18.5 Å². The summed E-state index contributed by atoms with van der Waals surface area (Å²) in [4.78, 5) is 0. The lowest BCUT2D eigenvalue weighted by molar-refractivity contribution is 0.347. The minimum absolute atomic E-state index is 0.0660. The van der Waals surface area contributed by atoms with Crippen LogP contribution in [0.2, 0.25) is 0 Å². The van der Waals surface area contributed by atoms with E-state index in [1.54, 1.807) is 12.1 Å². The molecule has 1 rings (SSSR count). The molecule has 0 saturated carbocycles. The predicted molar refractivity (Wildman–Crippen MR) is 85.5 cm³/mol. The summed E-state index contributed by atoms with van der Waals surface area (Å²) in [6.07, 6.45) is 5.74. The van der Waals surface area contributed by atoms with Gasteiger partial charge in [-0.2, -0.15) is 0 Å². The van der Waals surface area contributed by atoms with Crippen LogP contribution < -0.4 is 5.32 Å². The van der Waals surface area contributed by atoms with Crippen molar-refractivity contribution in [3.63, 3.8) is 0 Å². The van der Waals surface area contributed by atoms with Crippen molar-refractivity contribution in [2.45, 2.75) is 65.3 Å². The number of halogens is 1. The molecular formula is C18H30FN. The van der Waals surface area contributed by atoms with Crippen LogP contribution in [0.1, 0.15) is 58.9 Å². The number of nitrogens with one attached hydrogen (secondary N) is 1. The van der Waals surface area contributed by atoms with E-state index in [0.29, 0.717) is 5.92 Å². The Morgan fingerprint density at radius 2 is 1.85 bits per heavy atom. The van der Waals surface area contributed by atoms with Gasteiger partial charge in [0.25, 0.3) is 0 Å². The van der Waals surface area contributed by atoms with Crippen molar-refractivity contribution >= 4 is 0 Å². The summed E-state index contributed by atoms with van der Waals surface area (Å²) >= 11 is 0. The smallest absolute Gasteiger partial charge is 0.126 e. The Hall–Kier alpha value is -0.890. The van der Waals surface area contributed by atoms with Gasteiger partial charge in [0.1, 0.15) is 5.82 Å². The summed E-state index contributed by atoms with van der Waals surface area (Å²) in [6.45, 7) is 9.72. The van der Waals surface area contributed by atoms with Gasteiger partial charge in [0.2, 0.25) is 0 Å². The second-order valence-electron chi connectivity index (χ2n) is 6.79. The number of rotatable bonds is 8. The van der Waals surface area contributed by atoms with Gasteiger partial charge in [-0.25, -0.2) is 4.39 Å². The van der Waals surface area contributed by atoms with Gasteiger partial charge in [-0.3, -0.25) is 0 Å². The van der Waals surface area contributed by atoms with Crippen molar-refractivity contribution in [3.05, 3.63) is 35.6 Å². The molecule has 0 amide bonds. The van der Waals surface area contributed by atoms with Crippen LogP contribution in [0.5, 0.6) is 0 Å². The SMILES string of the molecule is CCCCCC(CNC(C)(C)C)Cc1ccccc1F. The molecule has 0 aliphatic heterocycles. The van der Waals surface area contributed by atoms with E-state index < -0.39 is 0 Å². The zero-order valence-electron chi connectivity index (χ0n) is 13.5. The molecule has 1 nitrogen and oxygen atoms in total. The molecule has 0 radical (unpaired) electrons. The van der Waals surface area contributed by atoms with Crippen molar-refractivity contribution in [2.75, 3.05) is 6.54 Å². The largest absolute Gasteiger partial charge is 0.312 e. The molecule has 2 heteroatoms.